The summed E-state index contributed by atoms with van der Waals surface area (Å²) in [6, 6.07) is 6.13. The Morgan fingerprint density at radius 2 is 2.32 bits per heavy atom. The van der Waals surface area contributed by atoms with Gasteiger partial charge >= 0.3 is 0 Å². The first kappa shape index (κ1) is 15.2. The van der Waals surface area contributed by atoms with Gasteiger partial charge in [0.2, 0.25) is 5.91 Å². The van der Waals surface area contributed by atoms with E-state index in [1.807, 2.05) is 23.1 Å². The number of pyridine rings is 1. The number of piperazine rings is 1. The van der Waals surface area contributed by atoms with Crippen molar-refractivity contribution in [1.82, 2.24) is 14.8 Å². The summed E-state index contributed by atoms with van der Waals surface area (Å²) in [5, 5.41) is 0. The standard InChI is InChI=1S/C17H23N3O2/c1-2-9-22-16-11-15-12-20(8-7-19(15)13-16)17(21)10-14-5-3-4-6-18-14/h2-6,15-16H,1,7-13H2/t15-,16+/m0/s1. The minimum absolute atomic E-state index is 0.175. The molecule has 118 valence electrons. The Morgan fingerprint density at radius 3 is 3.09 bits per heavy atom. The van der Waals surface area contributed by atoms with Gasteiger partial charge in [0.1, 0.15) is 0 Å². The number of carbonyl (C=O) groups is 1. The summed E-state index contributed by atoms with van der Waals surface area (Å²) in [5.41, 5.74) is 0.841. The van der Waals surface area contributed by atoms with Crippen LogP contribution in [0.2, 0.25) is 0 Å². The van der Waals surface area contributed by atoms with Gasteiger partial charge in [-0.15, -0.1) is 6.58 Å². The third-order valence-electron chi connectivity index (χ3n) is 4.44. The molecule has 0 aliphatic carbocycles. The lowest BCUT2D eigenvalue weighted by molar-refractivity contribution is -0.133. The molecule has 0 saturated carbocycles. The molecule has 0 bridgehead atoms. The lowest BCUT2D eigenvalue weighted by Gasteiger charge is -2.37. The Balaban J connectivity index is 1.53. The summed E-state index contributed by atoms with van der Waals surface area (Å²) >= 11 is 0. The molecule has 2 aliphatic rings. The molecule has 5 heteroatoms. The van der Waals surface area contributed by atoms with Crippen LogP contribution in [0.15, 0.2) is 37.1 Å². The van der Waals surface area contributed by atoms with E-state index in [9.17, 15) is 4.79 Å². The van der Waals surface area contributed by atoms with E-state index in [1.165, 1.54) is 0 Å². The molecule has 22 heavy (non-hydrogen) atoms. The molecule has 0 unspecified atom stereocenters. The van der Waals surface area contributed by atoms with Crippen molar-refractivity contribution in [2.75, 3.05) is 32.8 Å². The second-order valence-electron chi connectivity index (χ2n) is 5.97. The molecule has 2 aliphatic heterocycles. The van der Waals surface area contributed by atoms with Crippen LogP contribution in [0, 0.1) is 0 Å². The monoisotopic (exact) mass is 301 g/mol. The van der Waals surface area contributed by atoms with E-state index in [-0.39, 0.29) is 12.0 Å². The van der Waals surface area contributed by atoms with Gasteiger partial charge in [-0.3, -0.25) is 14.7 Å². The van der Waals surface area contributed by atoms with Crippen LogP contribution in [-0.4, -0.2) is 65.6 Å². The molecule has 3 rings (SSSR count). The van der Waals surface area contributed by atoms with Crippen molar-refractivity contribution >= 4 is 5.91 Å². The van der Waals surface area contributed by atoms with Gasteiger partial charge in [-0.2, -0.15) is 0 Å². The normalized spacial score (nSPS) is 25.0. The third-order valence-corrected chi connectivity index (χ3v) is 4.44. The Morgan fingerprint density at radius 1 is 1.41 bits per heavy atom. The summed E-state index contributed by atoms with van der Waals surface area (Å²) in [4.78, 5) is 21.1. The van der Waals surface area contributed by atoms with Crippen LogP contribution in [0.4, 0.5) is 0 Å². The minimum Gasteiger partial charge on any atom is -0.373 e. The van der Waals surface area contributed by atoms with Crippen LogP contribution in [0.5, 0.6) is 0 Å². The number of hydrogen-bond acceptors (Lipinski definition) is 4. The fourth-order valence-corrected chi connectivity index (χ4v) is 3.32. The Hall–Kier alpha value is -1.72. The SMILES string of the molecule is C=CCO[C@@H]1C[C@H]2CN(C(=O)Cc3ccccn3)CCN2C1. The molecule has 0 N–H and O–H groups in total. The average molecular weight is 301 g/mol. The summed E-state index contributed by atoms with van der Waals surface area (Å²) in [5.74, 6) is 0.175. The first-order chi connectivity index (χ1) is 10.8. The highest BCUT2D eigenvalue weighted by Crippen LogP contribution is 2.24. The summed E-state index contributed by atoms with van der Waals surface area (Å²) in [6.45, 7) is 7.81. The smallest absolute Gasteiger partial charge is 0.228 e. The molecule has 0 aromatic carbocycles. The zero-order valence-electron chi connectivity index (χ0n) is 12.9. The summed E-state index contributed by atoms with van der Waals surface area (Å²) in [6.07, 6.45) is 5.19. The van der Waals surface area contributed by atoms with Crippen molar-refractivity contribution in [3.63, 3.8) is 0 Å². The predicted octanol–water partition coefficient (Wildman–Crippen LogP) is 1.11. The highest BCUT2D eigenvalue weighted by Gasteiger charge is 2.37. The van der Waals surface area contributed by atoms with Crippen LogP contribution in [0.3, 0.4) is 0 Å². The largest absolute Gasteiger partial charge is 0.373 e. The fourth-order valence-electron chi connectivity index (χ4n) is 3.32. The van der Waals surface area contributed by atoms with Crippen LogP contribution < -0.4 is 0 Å². The van der Waals surface area contributed by atoms with E-state index < -0.39 is 0 Å². The molecule has 1 aromatic rings. The second-order valence-corrected chi connectivity index (χ2v) is 5.97. The molecule has 2 saturated heterocycles. The van der Waals surface area contributed by atoms with Gasteiger partial charge in [0.15, 0.2) is 0 Å². The maximum absolute atomic E-state index is 12.4. The van der Waals surface area contributed by atoms with Crippen LogP contribution >= 0.6 is 0 Å². The van der Waals surface area contributed by atoms with E-state index in [4.69, 9.17) is 4.74 Å². The molecule has 1 amide bonds. The maximum atomic E-state index is 12.4. The van der Waals surface area contributed by atoms with E-state index in [0.29, 0.717) is 19.1 Å². The van der Waals surface area contributed by atoms with Crippen molar-refractivity contribution in [2.45, 2.75) is 25.0 Å². The average Bonchev–Trinajstić information content (AvgIpc) is 2.95. The van der Waals surface area contributed by atoms with Crippen molar-refractivity contribution in [3.8, 4) is 0 Å². The van der Waals surface area contributed by atoms with E-state index in [1.54, 1.807) is 12.3 Å². The topological polar surface area (TPSA) is 45.7 Å². The Labute approximate surface area is 131 Å². The van der Waals surface area contributed by atoms with Gasteiger partial charge in [0.25, 0.3) is 0 Å². The molecular formula is C17H23N3O2. The van der Waals surface area contributed by atoms with Crippen molar-refractivity contribution in [1.29, 1.82) is 0 Å². The van der Waals surface area contributed by atoms with Gasteiger partial charge in [0, 0.05) is 44.1 Å². The van der Waals surface area contributed by atoms with Gasteiger partial charge < -0.3 is 9.64 Å². The van der Waals surface area contributed by atoms with E-state index >= 15 is 0 Å². The molecule has 3 heterocycles. The number of hydrogen-bond donors (Lipinski definition) is 0. The summed E-state index contributed by atoms with van der Waals surface area (Å²) in [7, 11) is 0. The quantitative estimate of drug-likeness (QED) is 0.764. The minimum atomic E-state index is 0.175. The van der Waals surface area contributed by atoms with Gasteiger partial charge in [0.05, 0.1) is 19.1 Å². The number of aromatic nitrogens is 1. The van der Waals surface area contributed by atoms with Crippen molar-refractivity contribution < 1.29 is 9.53 Å². The Bertz CT molecular complexity index is 520. The number of nitrogens with zero attached hydrogens (tertiary/aromatic N) is 3. The lowest BCUT2D eigenvalue weighted by atomic mass is 10.1. The molecular weight excluding hydrogens is 278 g/mol. The third kappa shape index (κ3) is 3.54. The van der Waals surface area contributed by atoms with Crippen molar-refractivity contribution in [3.05, 3.63) is 42.7 Å². The highest BCUT2D eigenvalue weighted by atomic mass is 16.5. The molecule has 2 fully saturated rings. The van der Waals surface area contributed by atoms with E-state index in [2.05, 4.69) is 16.5 Å². The molecule has 2 atom stereocenters. The first-order valence-corrected chi connectivity index (χ1v) is 7.90. The second kappa shape index (κ2) is 7.03. The molecule has 1 aromatic heterocycles. The zero-order chi connectivity index (χ0) is 15.4. The van der Waals surface area contributed by atoms with Gasteiger partial charge in [-0.25, -0.2) is 0 Å². The molecule has 5 nitrogen and oxygen atoms in total. The van der Waals surface area contributed by atoms with Crippen molar-refractivity contribution in [2.24, 2.45) is 0 Å². The maximum Gasteiger partial charge on any atom is 0.228 e. The first-order valence-electron chi connectivity index (χ1n) is 7.90. The van der Waals surface area contributed by atoms with Gasteiger partial charge in [-0.1, -0.05) is 12.1 Å². The molecule has 0 radical (unpaired) electrons. The zero-order valence-corrected chi connectivity index (χ0v) is 12.9. The van der Waals surface area contributed by atoms with Gasteiger partial charge in [-0.05, 0) is 18.6 Å². The number of rotatable bonds is 5. The van der Waals surface area contributed by atoms with E-state index in [0.717, 1.165) is 38.3 Å². The predicted molar refractivity (Wildman–Crippen MR) is 84.4 cm³/mol. The highest BCUT2D eigenvalue weighted by molar-refractivity contribution is 5.78. The number of amides is 1. The number of ether oxygens (including phenoxy) is 1. The fraction of sp³-hybridized carbons (Fsp3) is 0.529. The molecule has 0 spiro atoms. The lowest BCUT2D eigenvalue weighted by Crippen LogP contribution is -2.52. The van der Waals surface area contributed by atoms with Crippen LogP contribution in [0.1, 0.15) is 12.1 Å². The number of fused-ring (bicyclic) bond motifs is 1. The number of carbonyl (C=O) groups excluding carboxylic acids is 1. The van der Waals surface area contributed by atoms with Crippen LogP contribution in [0.25, 0.3) is 0 Å². The van der Waals surface area contributed by atoms with Crippen LogP contribution in [-0.2, 0) is 16.0 Å². The summed E-state index contributed by atoms with van der Waals surface area (Å²) < 4.78 is 5.76. The Kier molecular flexibility index (Phi) is 4.85.